The van der Waals surface area contributed by atoms with Gasteiger partial charge in [-0.15, -0.1) is 0 Å². The lowest BCUT2D eigenvalue weighted by Crippen LogP contribution is -2.39. The van der Waals surface area contributed by atoms with Gasteiger partial charge in [0.25, 0.3) is 0 Å². The number of anilines is 2. The number of carbonyl (C=O) groups excluding carboxylic acids is 1. The fourth-order valence-electron chi connectivity index (χ4n) is 5.33. The molecule has 1 aromatic heterocycles. The maximum atomic E-state index is 11.9. The highest BCUT2D eigenvalue weighted by Crippen LogP contribution is 2.35. The summed E-state index contributed by atoms with van der Waals surface area (Å²) in [5.41, 5.74) is 2.14. The lowest BCUT2D eigenvalue weighted by atomic mass is 10.0. The molecule has 38 heavy (non-hydrogen) atoms. The van der Waals surface area contributed by atoms with Crippen molar-refractivity contribution < 1.29 is 14.3 Å². The number of likely N-dealkylation sites (tertiary alicyclic amines) is 2. The molecule has 9 heteroatoms. The maximum Gasteiger partial charge on any atom is 0.225 e. The summed E-state index contributed by atoms with van der Waals surface area (Å²) in [5, 5.41) is 7.96. The summed E-state index contributed by atoms with van der Waals surface area (Å²) >= 11 is 0. The van der Waals surface area contributed by atoms with Crippen LogP contribution >= 0.6 is 0 Å². The number of ether oxygens (including phenoxy) is 2. The molecule has 9 nitrogen and oxygen atoms in total. The molecule has 3 aromatic rings. The van der Waals surface area contributed by atoms with Crippen LogP contribution < -0.4 is 20.1 Å². The normalized spacial score (nSPS) is 16.7. The number of nitrogens with zero attached hydrogens (tertiary/aromatic N) is 4. The van der Waals surface area contributed by atoms with E-state index in [0.29, 0.717) is 36.5 Å². The fraction of sp³-hybridized carbons (Fsp3) is 0.483. The van der Waals surface area contributed by atoms with E-state index in [1.54, 1.807) is 14.2 Å². The van der Waals surface area contributed by atoms with Gasteiger partial charge in [-0.1, -0.05) is 30.3 Å². The molecule has 202 valence electrons. The number of fused-ring (bicyclic) bond motifs is 1. The van der Waals surface area contributed by atoms with Gasteiger partial charge in [-0.05, 0) is 37.3 Å². The van der Waals surface area contributed by atoms with Crippen LogP contribution in [0.25, 0.3) is 10.9 Å². The van der Waals surface area contributed by atoms with Gasteiger partial charge in [-0.2, -0.15) is 4.98 Å². The summed E-state index contributed by atoms with van der Waals surface area (Å²) < 4.78 is 11.1. The first kappa shape index (κ1) is 26.0. The second-order valence-corrected chi connectivity index (χ2v) is 10.1. The van der Waals surface area contributed by atoms with Crippen LogP contribution in [0.5, 0.6) is 11.5 Å². The quantitative estimate of drug-likeness (QED) is 0.366. The zero-order valence-electron chi connectivity index (χ0n) is 22.4. The molecule has 2 saturated heterocycles. The van der Waals surface area contributed by atoms with Gasteiger partial charge in [0, 0.05) is 63.2 Å². The highest BCUT2D eigenvalue weighted by molar-refractivity contribution is 5.92. The summed E-state index contributed by atoms with van der Waals surface area (Å²) in [6, 6.07) is 14.8. The molecular formula is C29H38N6O3. The molecule has 2 N–H and O–H groups in total. The average Bonchev–Trinajstić information content (AvgIpc) is 3.36. The molecule has 0 saturated carbocycles. The number of hydrogen-bond acceptors (Lipinski definition) is 8. The Morgan fingerprint density at radius 2 is 1.76 bits per heavy atom. The van der Waals surface area contributed by atoms with Crippen molar-refractivity contribution in [1.29, 1.82) is 0 Å². The molecule has 2 aliphatic rings. The number of benzene rings is 2. The molecule has 3 heterocycles. The van der Waals surface area contributed by atoms with E-state index < -0.39 is 0 Å². The van der Waals surface area contributed by atoms with E-state index in [1.807, 2.05) is 17.0 Å². The van der Waals surface area contributed by atoms with Gasteiger partial charge in [-0.25, -0.2) is 4.98 Å². The number of carbonyl (C=O) groups is 1. The molecule has 0 spiro atoms. The van der Waals surface area contributed by atoms with Crippen LogP contribution in [0, 0.1) is 0 Å². The van der Waals surface area contributed by atoms with E-state index in [9.17, 15) is 4.79 Å². The molecule has 1 amide bonds. The Kier molecular flexibility index (Phi) is 8.43. The summed E-state index contributed by atoms with van der Waals surface area (Å²) in [5.74, 6) is 2.91. The summed E-state index contributed by atoms with van der Waals surface area (Å²) in [6.07, 6.45) is 4.56. The third-order valence-electron chi connectivity index (χ3n) is 7.44. The lowest BCUT2D eigenvalue weighted by molar-refractivity contribution is -0.127. The predicted octanol–water partition coefficient (Wildman–Crippen LogP) is 4.15. The predicted molar refractivity (Wildman–Crippen MR) is 150 cm³/mol. The van der Waals surface area contributed by atoms with Crippen LogP contribution in [-0.2, 0) is 11.3 Å². The zero-order valence-corrected chi connectivity index (χ0v) is 22.4. The molecule has 5 rings (SSSR count). The minimum Gasteiger partial charge on any atom is -0.493 e. The maximum absolute atomic E-state index is 11.9. The van der Waals surface area contributed by atoms with Crippen molar-refractivity contribution in [3.8, 4) is 11.5 Å². The smallest absolute Gasteiger partial charge is 0.225 e. The van der Waals surface area contributed by atoms with Gasteiger partial charge in [0.05, 0.1) is 19.7 Å². The first-order valence-electron chi connectivity index (χ1n) is 13.6. The van der Waals surface area contributed by atoms with E-state index in [1.165, 1.54) is 5.56 Å². The molecular weight excluding hydrogens is 480 g/mol. The van der Waals surface area contributed by atoms with Crippen molar-refractivity contribution in [2.75, 3.05) is 57.6 Å². The molecule has 0 atom stereocenters. The highest BCUT2D eigenvalue weighted by Gasteiger charge is 2.22. The summed E-state index contributed by atoms with van der Waals surface area (Å²) in [6.45, 7) is 5.39. The van der Waals surface area contributed by atoms with Gasteiger partial charge in [-0.3, -0.25) is 9.69 Å². The Morgan fingerprint density at radius 1 is 1.00 bits per heavy atom. The number of rotatable bonds is 11. The fourth-order valence-corrected chi connectivity index (χ4v) is 5.33. The third kappa shape index (κ3) is 6.27. The Hall–Kier alpha value is -3.59. The van der Waals surface area contributed by atoms with Crippen molar-refractivity contribution in [3.63, 3.8) is 0 Å². The van der Waals surface area contributed by atoms with E-state index in [-0.39, 0.29) is 5.91 Å². The number of aromatic nitrogens is 2. The number of hydrogen-bond donors (Lipinski definition) is 2. The minimum atomic E-state index is 0.260. The topological polar surface area (TPSA) is 91.9 Å². The highest BCUT2D eigenvalue weighted by atomic mass is 16.5. The Morgan fingerprint density at radius 3 is 2.47 bits per heavy atom. The molecule has 0 aliphatic carbocycles. The van der Waals surface area contributed by atoms with Crippen molar-refractivity contribution in [2.24, 2.45) is 0 Å². The molecule has 2 aliphatic heterocycles. The first-order chi connectivity index (χ1) is 18.6. The lowest BCUT2D eigenvalue weighted by Gasteiger charge is -2.32. The van der Waals surface area contributed by atoms with Gasteiger partial charge in [0.15, 0.2) is 11.5 Å². The van der Waals surface area contributed by atoms with Gasteiger partial charge < -0.3 is 25.0 Å². The molecule has 0 bridgehead atoms. The Balaban J connectivity index is 1.27. The standard InChI is InChI=1S/C29H38N6O3/c1-37-25-18-23-24(19-26(25)38-2)32-29(33-28(23)30-13-7-15-35-14-6-10-27(35)36)31-22-11-16-34(17-12-22)20-21-8-4-3-5-9-21/h3-5,8-9,18-19,22H,6-7,10-17,20H2,1-2H3,(H2,30,31,32,33). The third-order valence-corrected chi connectivity index (χ3v) is 7.44. The van der Waals surface area contributed by atoms with Crippen LogP contribution in [0.2, 0.25) is 0 Å². The SMILES string of the molecule is COc1cc2nc(NC3CCN(Cc4ccccc4)CC3)nc(NCCCN3CCCC3=O)c2cc1OC. The van der Waals surface area contributed by atoms with Gasteiger partial charge >= 0.3 is 0 Å². The second kappa shape index (κ2) is 12.3. The first-order valence-corrected chi connectivity index (χ1v) is 13.6. The second-order valence-electron chi connectivity index (χ2n) is 10.1. The number of methoxy groups -OCH3 is 2. The molecule has 2 fully saturated rings. The Labute approximate surface area is 224 Å². The number of piperidine rings is 1. The van der Waals surface area contributed by atoms with Crippen LogP contribution in [-0.4, -0.2) is 78.7 Å². The van der Waals surface area contributed by atoms with Crippen molar-refractivity contribution in [3.05, 3.63) is 48.0 Å². The summed E-state index contributed by atoms with van der Waals surface area (Å²) in [7, 11) is 3.26. The molecule has 2 aromatic carbocycles. The van der Waals surface area contributed by atoms with Crippen molar-refractivity contribution in [1.82, 2.24) is 19.8 Å². The van der Waals surface area contributed by atoms with Crippen LogP contribution in [0.1, 0.15) is 37.7 Å². The van der Waals surface area contributed by atoms with E-state index in [2.05, 4.69) is 45.9 Å². The van der Waals surface area contributed by atoms with Crippen molar-refractivity contribution in [2.45, 2.75) is 44.7 Å². The largest absolute Gasteiger partial charge is 0.493 e. The van der Waals surface area contributed by atoms with Crippen LogP contribution in [0.3, 0.4) is 0 Å². The number of nitrogens with one attached hydrogen (secondary N) is 2. The average molecular weight is 519 g/mol. The van der Waals surface area contributed by atoms with Gasteiger partial charge in [0.1, 0.15) is 5.82 Å². The van der Waals surface area contributed by atoms with Crippen LogP contribution in [0.15, 0.2) is 42.5 Å². The zero-order chi connectivity index (χ0) is 26.3. The number of amides is 1. The molecule has 0 radical (unpaired) electrons. The Bertz CT molecular complexity index is 1230. The van der Waals surface area contributed by atoms with E-state index >= 15 is 0 Å². The van der Waals surface area contributed by atoms with Crippen LogP contribution in [0.4, 0.5) is 11.8 Å². The van der Waals surface area contributed by atoms with E-state index in [0.717, 1.165) is 75.1 Å². The summed E-state index contributed by atoms with van der Waals surface area (Å²) in [4.78, 5) is 26.1. The van der Waals surface area contributed by atoms with Gasteiger partial charge in [0.2, 0.25) is 11.9 Å². The minimum absolute atomic E-state index is 0.260. The van der Waals surface area contributed by atoms with Crippen molar-refractivity contribution >= 4 is 28.6 Å². The molecule has 0 unspecified atom stereocenters. The van der Waals surface area contributed by atoms with E-state index in [4.69, 9.17) is 19.4 Å². The monoisotopic (exact) mass is 518 g/mol.